The van der Waals surface area contributed by atoms with Crippen molar-refractivity contribution >= 4 is 17.8 Å². The first-order valence-corrected chi connectivity index (χ1v) is 7.63. The summed E-state index contributed by atoms with van der Waals surface area (Å²) in [5.74, 6) is -0.996. The molecule has 2 aromatic carbocycles. The standard InChI is InChI=1S/C20H20O4/c1-23-17-13-11-16(12-14-17)19(21)18(20(22)24-2)10-6-9-15-7-4-3-5-8-15/h3-9,11-14,18H,10H2,1-2H3/b9-6+. The Morgan fingerprint density at radius 1 is 1.00 bits per heavy atom. The summed E-state index contributed by atoms with van der Waals surface area (Å²) in [6.45, 7) is 0. The van der Waals surface area contributed by atoms with Gasteiger partial charge in [-0.25, -0.2) is 0 Å². The zero-order chi connectivity index (χ0) is 17.4. The van der Waals surface area contributed by atoms with Gasteiger partial charge < -0.3 is 9.47 Å². The van der Waals surface area contributed by atoms with E-state index in [-0.39, 0.29) is 12.2 Å². The van der Waals surface area contributed by atoms with Crippen LogP contribution in [-0.2, 0) is 9.53 Å². The molecule has 0 radical (unpaired) electrons. The van der Waals surface area contributed by atoms with E-state index >= 15 is 0 Å². The molecular weight excluding hydrogens is 304 g/mol. The second-order valence-electron chi connectivity index (χ2n) is 5.22. The third-order valence-electron chi connectivity index (χ3n) is 3.66. The van der Waals surface area contributed by atoms with Crippen LogP contribution in [0.2, 0.25) is 0 Å². The molecule has 0 spiro atoms. The Kier molecular flexibility index (Phi) is 6.32. The average Bonchev–Trinajstić information content (AvgIpc) is 2.65. The van der Waals surface area contributed by atoms with Gasteiger partial charge in [0.15, 0.2) is 5.78 Å². The predicted octanol–water partition coefficient (Wildman–Crippen LogP) is 3.77. The largest absolute Gasteiger partial charge is 0.497 e. The van der Waals surface area contributed by atoms with Crippen molar-refractivity contribution in [2.24, 2.45) is 5.92 Å². The molecule has 0 aliphatic carbocycles. The minimum Gasteiger partial charge on any atom is -0.497 e. The summed E-state index contributed by atoms with van der Waals surface area (Å²) in [6, 6.07) is 16.4. The van der Waals surface area contributed by atoms with Crippen molar-refractivity contribution < 1.29 is 19.1 Å². The first kappa shape index (κ1) is 17.5. The highest BCUT2D eigenvalue weighted by Crippen LogP contribution is 2.19. The highest BCUT2D eigenvalue weighted by atomic mass is 16.5. The molecule has 0 aromatic heterocycles. The number of Topliss-reactive ketones (excluding diaryl/α,β-unsaturated/α-hetero) is 1. The van der Waals surface area contributed by atoms with Crippen LogP contribution in [0.1, 0.15) is 22.3 Å². The van der Waals surface area contributed by atoms with Gasteiger partial charge in [-0.3, -0.25) is 9.59 Å². The van der Waals surface area contributed by atoms with Gasteiger partial charge in [-0.15, -0.1) is 0 Å². The summed E-state index contributed by atoms with van der Waals surface area (Å²) in [7, 11) is 2.85. The summed E-state index contributed by atoms with van der Waals surface area (Å²) >= 11 is 0. The van der Waals surface area contributed by atoms with E-state index in [2.05, 4.69) is 0 Å². The molecule has 0 saturated carbocycles. The van der Waals surface area contributed by atoms with E-state index in [9.17, 15) is 9.59 Å². The molecule has 0 heterocycles. The van der Waals surface area contributed by atoms with Crippen molar-refractivity contribution in [3.63, 3.8) is 0 Å². The number of ketones is 1. The molecule has 0 amide bonds. The summed E-state index contributed by atoms with van der Waals surface area (Å²) < 4.78 is 9.86. The van der Waals surface area contributed by atoms with Crippen molar-refractivity contribution in [1.29, 1.82) is 0 Å². The van der Waals surface area contributed by atoms with Gasteiger partial charge in [-0.1, -0.05) is 42.5 Å². The molecule has 0 saturated heterocycles. The maximum Gasteiger partial charge on any atom is 0.316 e. The quantitative estimate of drug-likeness (QED) is 0.442. The van der Waals surface area contributed by atoms with Crippen molar-refractivity contribution in [1.82, 2.24) is 0 Å². The first-order valence-electron chi connectivity index (χ1n) is 7.63. The van der Waals surface area contributed by atoms with Gasteiger partial charge in [0.25, 0.3) is 0 Å². The lowest BCUT2D eigenvalue weighted by molar-refractivity contribution is -0.143. The predicted molar refractivity (Wildman–Crippen MR) is 92.9 cm³/mol. The molecule has 4 heteroatoms. The summed E-state index contributed by atoms with van der Waals surface area (Å²) in [6.07, 6.45) is 3.99. The highest BCUT2D eigenvalue weighted by Gasteiger charge is 2.27. The minimum atomic E-state index is -0.858. The number of hydrogen-bond acceptors (Lipinski definition) is 4. The second kappa shape index (κ2) is 8.67. The van der Waals surface area contributed by atoms with Gasteiger partial charge in [0.1, 0.15) is 11.7 Å². The number of rotatable bonds is 7. The van der Waals surface area contributed by atoms with Crippen LogP contribution in [0.4, 0.5) is 0 Å². The number of hydrogen-bond donors (Lipinski definition) is 0. The SMILES string of the molecule is COC(=O)C(C/C=C/c1ccccc1)C(=O)c1ccc(OC)cc1. The number of allylic oxidation sites excluding steroid dienone is 1. The summed E-state index contributed by atoms with van der Waals surface area (Å²) in [4.78, 5) is 24.6. The Balaban J connectivity index is 2.13. The zero-order valence-corrected chi connectivity index (χ0v) is 13.8. The zero-order valence-electron chi connectivity index (χ0n) is 13.8. The van der Waals surface area contributed by atoms with E-state index in [1.807, 2.05) is 42.5 Å². The first-order chi connectivity index (χ1) is 11.7. The van der Waals surface area contributed by atoms with E-state index in [1.165, 1.54) is 7.11 Å². The third kappa shape index (κ3) is 4.56. The molecule has 24 heavy (non-hydrogen) atoms. The van der Waals surface area contributed by atoms with Crippen LogP contribution in [0, 0.1) is 5.92 Å². The molecule has 4 nitrogen and oxygen atoms in total. The van der Waals surface area contributed by atoms with Gasteiger partial charge >= 0.3 is 5.97 Å². The fraction of sp³-hybridized carbons (Fsp3) is 0.200. The van der Waals surface area contributed by atoms with Crippen molar-refractivity contribution in [3.05, 3.63) is 71.8 Å². The molecule has 0 aliphatic heterocycles. The lowest BCUT2D eigenvalue weighted by Crippen LogP contribution is -2.25. The van der Waals surface area contributed by atoms with Crippen molar-refractivity contribution in [2.75, 3.05) is 14.2 Å². The fourth-order valence-electron chi connectivity index (χ4n) is 2.31. The molecule has 0 N–H and O–H groups in total. The normalized spacial score (nSPS) is 11.9. The van der Waals surface area contributed by atoms with Crippen LogP contribution in [0.5, 0.6) is 5.75 Å². The fourth-order valence-corrected chi connectivity index (χ4v) is 2.31. The van der Waals surface area contributed by atoms with Crippen molar-refractivity contribution in [2.45, 2.75) is 6.42 Å². The molecule has 124 valence electrons. The van der Waals surface area contributed by atoms with Crippen LogP contribution in [0.3, 0.4) is 0 Å². The minimum absolute atomic E-state index is 0.262. The van der Waals surface area contributed by atoms with E-state index in [0.29, 0.717) is 11.3 Å². The molecule has 1 atom stereocenters. The summed E-state index contributed by atoms with van der Waals surface area (Å²) in [5, 5.41) is 0. The van der Waals surface area contributed by atoms with Crippen LogP contribution in [-0.4, -0.2) is 26.0 Å². The molecule has 0 aliphatic rings. The van der Waals surface area contributed by atoms with Gasteiger partial charge in [0.05, 0.1) is 14.2 Å². The van der Waals surface area contributed by atoms with E-state index in [0.717, 1.165) is 5.56 Å². The lowest BCUT2D eigenvalue weighted by Gasteiger charge is -2.12. The van der Waals surface area contributed by atoms with Crippen LogP contribution >= 0.6 is 0 Å². The summed E-state index contributed by atoms with van der Waals surface area (Å²) in [5.41, 5.74) is 1.47. The molecule has 0 bridgehead atoms. The van der Waals surface area contributed by atoms with Gasteiger partial charge in [0.2, 0.25) is 0 Å². The molecule has 2 rings (SSSR count). The van der Waals surface area contributed by atoms with Crippen LogP contribution in [0.15, 0.2) is 60.7 Å². The maximum atomic E-state index is 12.6. The lowest BCUT2D eigenvalue weighted by atomic mass is 9.94. The van der Waals surface area contributed by atoms with E-state index < -0.39 is 11.9 Å². The molecule has 1 unspecified atom stereocenters. The number of methoxy groups -OCH3 is 2. The van der Waals surface area contributed by atoms with Crippen LogP contribution < -0.4 is 4.74 Å². The number of carbonyl (C=O) groups is 2. The number of esters is 1. The Morgan fingerprint density at radius 2 is 1.67 bits per heavy atom. The van der Waals surface area contributed by atoms with Crippen LogP contribution in [0.25, 0.3) is 6.08 Å². The molecule has 2 aromatic rings. The highest BCUT2D eigenvalue weighted by molar-refractivity contribution is 6.08. The molecular formula is C20H20O4. The third-order valence-corrected chi connectivity index (χ3v) is 3.66. The Bertz CT molecular complexity index is 702. The number of ether oxygens (including phenoxy) is 2. The Hall–Kier alpha value is -2.88. The van der Waals surface area contributed by atoms with Crippen molar-refractivity contribution in [3.8, 4) is 5.75 Å². The number of carbonyl (C=O) groups excluding carboxylic acids is 2. The Labute approximate surface area is 141 Å². The maximum absolute atomic E-state index is 12.6. The van der Waals surface area contributed by atoms with Gasteiger partial charge in [-0.05, 0) is 36.2 Å². The second-order valence-corrected chi connectivity index (χ2v) is 5.22. The molecule has 0 fully saturated rings. The Morgan fingerprint density at radius 3 is 2.25 bits per heavy atom. The van der Waals surface area contributed by atoms with Gasteiger partial charge in [-0.2, -0.15) is 0 Å². The number of benzene rings is 2. The van der Waals surface area contributed by atoms with Gasteiger partial charge in [0, 0.05) is 5.56 Å². The smallest absolute Gasteiger partial charge is 0.316 e. The topological polar surface area (TPSA) is 52.6 Å². The monoisotopic (exact) mass is 324 g/mol. The van der Waals surface area contributed by atoms with E-state index in [4.69, 9.17) is 9.47 Å². The van der Waals surface area contributed by atoms with E-state index in [1.54, 1.807) is 31.4 Å². The average molecular weight is 324 g/mol.